The maximum atomic E-state index is 9.29. The molecule has 25 heavy (non-hydrogen) atoms. The largest absolute Gasteiger partial charge is 0.396 e. The Balaban J connectivity index is 0.00000131. The fourth-order valence-electron chi connectivity index (χ4n) is 3.30. The minimum Gasteiger partial charge on any atom is -0.396 e. The average Bonchev–Trinajstić information content (AvgIpc) is 3.05. The SMILES string of the molecule is Cc1ccc2nc(-c3nc(N4CCC(CO)CC4)cnc3N)[nH]c2c1.[HH].[HH].[HH]. The third-order valence-corrected chi connectivity index (χ3v) is 4.85. The molecule has 1 aromatic carbocycles. The summed E-state index contributed by atoms with van der Waals surface area (Å²) in [4.78, 5) is 19.1. The van der Waals surface area contributed by atoms with Crippen LogP contribution in [0.1, 0.15) is 22.7 Å². The topological polar surface area (TPSA) is 104 Å². The predicted octanol–water partition coefficient (Wildman–Crippen LogP) is 2.86. The third-order valence-electron chi connectivity index (χ3n) is 4.85. The van der Waals surface area contributed by atoms with Gasteiger partial charge < -0.3 is 20.7 Å². The standard InChI is InChI=1S/C18H22N6O.3H2/c1-11-2-3-13-14(8-11)22-18(21-13)16-17(19)20-9-15(23-16)24-6-4-12(10-25)5-7-24;;;/h2-3,8-9,12,25H,4-7,10H2,1H3,(H2,19,20)(H,21,22);3*1H. The van der Waals surface area contributed by atoms with Gasteiger partial charge in [0.1, 0.15) is 5.82 Å². The highest BCUT2D eigenvalue weighted by Crippen LogP contribution is 2.27. The minimum atomic E-state index is 0. The second kappa shape index (κ2) is 6.33. The lowest BCUT2D eigenvalue weighted by atomic mass is 9.98. The van der Waals surface area contributed by atoms with Gasteiger partial charge in [-0.25, -0.2) is 15.0 Å². The highest BCUT2D eigenvalue weighted by atomic mass is 16.3. The number of H-pyrrole nitrogens is 1. The van der Waals surface area contributed by atoms with Crippen molar-refractivity contribution in [2.24, 2.45) is 5.92 Å². The van der Waals surface area contributed by atoms with Crippen LogP contribution in [0.2, 0.25) is 0 Å². The quantitative estimate of drug-likeness (QED) is 0.675. The first-order valence-corrected chi connectivity index (χ1v) is 8.59. The number of aryl methyl sites for hydroxylation is 1. The molecule has 0 radical (unpaired) electrons. The number of piperidine rings is 1. The number of rotatable bonds is 3. The molecule has 0 aliphatic carbocycles. The van der Waals surface area contributed by atoms with E-state index in [-0.39, 0.29) is 10.9 Å². The monoisotopic (exact) mass is 344 g/mol. The molecule has 0 saturated carbocycles. The summed E-state index contributed by atoms with van der Waals surface area (Å²) in [5.41, 5.74) is 9.66. The van der Waals surface area contributed by atoms with E-state index < -0.39 is 0 Å². The summed E-state index contributed by atoms with van der Waals surface area (Å²) in [5.74, 6) is 2.19. The van der Waals surface area contributed by atoms with Crippen LogP contribution in [0.5, 0.6) is 0 Å². The van der Waals surface area contributed by atoms with Gasteiger partial charge in [-0.15, -0.1) is 0 Å². The Morgan fingerprint density at radius 3 is 2.88 bits per heavy atom. The van der Waals surface area contributed by atoms with Gasteiger partial charge in [0, 0.05) is 24.0 Å². The Hall–Kier alpha value is -2.67. The Bertz CT molecular complexity index is 911. The lowest BCUT2D eigenvalue weighted by Gasteiger charge is -2.31. The minimum absolute atomic E-state index is 0. The molecule has 0 bridgehead atoms. The van der Waals surface area contributed by atoms with Crippen molar-refractivity contribution in [3.05, 3.63) is 30.0 Å². The van der Waals surface area contributed by atoms with E-state index >= 15 is 0 Å². The summed E-state index contributed by atoms with van der Waals surface area (Å²) in [6, 6.07) is 6.07. The van der Waals surface area contributed by atoms with Crippen LogP contribution >= 0.6 is 0 Å². The van der Waals surface area contributed by atoms with Gasteiger partial charge in [0.15, 0.2) is 17.3 Å². The Kier molecular flexibility index (Phi) is 4.01. The van der Waals surface area contributed by atoms with E-state index in [4.69, 9.17) is 10.7 Å². The van der Waals surface area contributed by atoms with Crippen LogP contribution in [0.4, 0.5) is 11.6 Å². The molecule has 1 saturated heterocycles. The first-order chi connectivity index (χ1) is 12.1. The lowest BCUT2D eigenvalue weighted by molar-refractivity contribution is 0.203. The number of nitrogen functional groups attached to an aromatic ring is 1. The van der Waals surface area contributed by atoms with Crippen molar-refractivity contribution in [1.82, 2.24) is 19.9 Å². The molecule has 0 spiro atoms. The molecule has 7 heteroatoms. The van der Waals surface area contributed by atoms with E-state index in [0.717, 1.165) is 42.8 Å². The van der Waals surface area contributed by atoms with Gasteiger partial charge in [-0.05, 0) is 43.4 Å². The number of hydrogen-bond acceptors (Lipinski definition) is 6. The molecule has 136 valence electrons. The summed E-state index contributed by atoms with van der Waals surface area (Å²) >= 11 is 0. The number of imidazole rings is 1. The van der Waals surface area contributed by atoms with E-state index in [1.807, 2.05) is 19.1 Å². The van der Waals surface area contributed by atoms with Gasteiger partial charge >= 0.3 is 0 Å². The van der Waals surface area contributed by atoms with Crippen molar-refractivity contribution in [2.45, 2.75) is 19.8 Å². The van der Waals surface area contributed by atoms with Gasteiger partial charge in [0.2, 0.25) is 0 Å². The number of aliphatic hydroxyl groups is 1. The van der Waals surface area contributed by atoms with Gasteiger partial charge in [0.05, 0.1) is 17.2 Å². The predicted molar refractivity (Wildman–Crippen MR) is 105 cm³/mol. The summed E-state index contributed by atoms with van der Waals surface area (Å²) in [5, 5.41) is 9.29. The molecule has 1 aliphatic rings. The van der Waals surface area contributed by atoms with E-state index in [1.54, 1.807) is 6.20 Å². The molecule has 3 heterocycles. The molecule has 1 fully saturated rings. The zero-order valence-electron chi connectivity index (χ0n) is 14.2. The second-order valence-corrected chi connectivity index (χ2v) is 6.68. The number of nitrogens with two attached hydrogens (primary N) is 1. The highest BCUT2D eigenvalue weighted by molar-refractivity contribution is 5.81. The van der Waals surface area contributed by atoms with Crippen LogP contribution in [0.15, 0.2) is 24.4 Å². The maximum Gasteiger partial charge on any atom is 0.161 e. The van der Waals surface area contributed by atoms with Gasteiger partial charge in [-0.3, -0.25) is 0 Å². The highest BCUT2D eigenvalue weighted by Gasteiger charge is 2.21. The number of fused-ring (bicyclic) bond motifs is 1. The molecule has 3 aromatic rings. The number of aromatic amines is 1. The number of aromatic nitrogens is 4. The fraction of sp³-hybridized carbons (Fsp3) is 0.389. The van der Waals surface area contributed by atoms with Crippen molar-refractivity contribution in [2.75, 3.05) is 30.3 Å². The average molecular weight is 344 g/mol. The van der Waals surface area contributed by atoms with E-state index in [0.29, 0.717) is 23.3 Å². The molecule has 4 rings (SSSR count). The molecule has 0 atom stereocenters. The van der Waals surface area contributed by atoms with Crippen molar-refractivity contribution in [1.29, 1.82) is 0 Å². The zero-order chi connectivity index (χ0) is 17.4. The number of nitrogens with zero attached hydrogens (tertiary/aromatic N) is 4. The maximum absolute atomic E-state index is 9.29. The first-order valence-electron chi connectivity index (χ1n) is 8.59. The number of benzene rings is 1. The van der Waals surface area contributed by atoms with Crippen LogP contribution in [0.25, 0.3) is 22.6 Å². The van der Waals surface area contributed by atoms with Crippen LogP contribution < -0.4 is 10.6 Å². The molecule has 1 aliphatic heterocycles. The molecular weight excluding hydrogens is 316 g/mol. The smallest absolute Gasteiger partial charge is 0.161 e. The number of anilines is 2. The third kappa shape index (κ3) is 3.02. The Labute approximate surface area is 150 Å². The van der Waals surface area contributed by atoms with E-state index in [9.17, 15) is 5.11 Å². The lowest BCUT2D eigenvalue weighted by Crippen LogP contribution is -2.35. The molecule has 7 nitrogen and oxygen atoms in total. The van der Waals surface area contributed by atoms with Crippen LogP contribution in [0.3, 0.4) is 0 Å². The van der Waals surface area contributed by atoms with Crippen molar-refractivity contribution in [3.8, 4) is 11.5 Å². The van der Waals surface area contributed by atoms with Crippen LogP contribution in [0, 0.1) is 12.8 Å². The van der Waals surface area contributed by atoms with E-state index in [2.05, 4.69) is 25.9 Å². The van der Waals surface area contributed by atoms with Crippen molar-refractivity contribution < 1.29 is 9.39 Å². The summed E-state index contributed by atoms with van der Waals surface area (Å²) in [7, 11) is 0. The Morgan fingerprint density at radius 2 is 2.12 bits per heavy atom. The van der Waals surface area contributed by atoms with Gasteiger partial charge in [-0.2, -0.15) is 0 Å². The summed E-state index contributed by atoms with van der Waals surface area (Å²) < 4.78 is 0. The number of nitrogens with one attached hydrogen (secondary N) is 1. The number of hydrogen-bond donors (Lipinski definition) is 3. The normalized spacial score (nSPS) is 15.8. The van der Waals surface area contributed by atoms with Crippen LogP contribution in [-0.4, -0.2) is 44.7 Å². The molecule has 4 N–H and O–H groups in total. The molecular formula is C18H28N6O. The number of aliphatic hydroxyl groups excluding tert-OH is 1. The van der Waals surface area contributed by atoms with E-state index in [1.165, 1.54) is 5.56 Å². The van der Waals surface area contributed by atoms with Crippen LogP contribution in [-0.2, 0) is 0 Å². The van der Waals surface area contributed by atoms with Crippen molar-refractivity contribution in [3.63, 3.8) is 0 Å². The summed E-state index contributed by atoms with van der Waals surface area (Å²) in [6.45, 7) is 4.03. The molecule has 0 unspecified atom stereocenters. The van der Waals surface area contributed by atoms with Gasteiger partial charge in [0.25, 0.3) is 0 Å². The molecule has 0 amide bonds. The van der Waals surface area contributed by atoms with Crippen molar-refractivity contribution >= 4 is 22.7 Å². The summed E-state index contributed by atoms with van der Waals surface area (Å²) in [6.07, 6.45) is 3.63. The second-order valence-electron chi connectivity index (χ2n) is 6.68. The Morgan fingerprint density at radius 1 is 1.32 bits per heavy atom. The van der Waals surface area contributed by atoms with Gasteiger partial charge in [-0.1, -0.05) is 6.07 Å². The first kappa shape index (κ1) is 15.8. The molecule has 2 aromatic heterocycles. The zero-order valence-corrected chi connectivity index (χ0v) is 14.2. The fourth-order valence-corrected chi connectivity index (χ4v) is 3.30.